The van der Waals surface area contributed by atoms with Crippen LogP contribution < -0.4 is 5.32 Å². The Balaban J connectivity index is 0.000000177. The second-order valence-corrected chi connectivity index (χ2v) is 25.6. The van der Waals surface area contributed by atoms with Crippen molar-refractivity contribution in [2.75, 3.05) is 44.6 Å². The topological polar surface area (TPSA) is 299 Å². The third kappa shape index (κ3) is 20.1. The number of sulfonamides is 1. The summed E-state index contributed by atoms with van der Waals surface area (Å²) in [5.74, 6) is 2.19. The van der Waals surface area contributed by atoms with Crippen LogP contribution >= 0.6 is 0 Å². The van der Waals surface area contributed by atoms with Crippen LogP contribution in [0.3, 0.4) is 0 Å². The zero-order chi connectivity index (χ0) is 65.5. The van der Waals surface area contributed by atoms with E-state index in [0.29, 0.717) is 42.7 Å². The van der Waals surface area contributed by atoms with E-state index >= 15 is 0 Å². The van der Waals surface area contributed by atoms with E-state index in [4.69, 9.17) is 26.8 Å². The molecule has 8 heterocycles. The first kappa shape index (κ1) is 72.1. The van der Waals surface area contributed by atoms with Crippen LogP contribution in [0.15, 0.2) is 175 Å². The van der Waals surface area contributed by atoms with Gasteiger partial charge in [0.15, 0.2) is 11.3 Å². The van der Waals surface area contributed by atoms with Crippen LogP contribution in [0.4, 0.5) is 11.5 Å². The van der Waals surface area contributed by atoms with Crippen LogP contribution in [0.5, 0.6) is 0 Å². The van der Waals surface area contributed by atoms with Crippen LogP contribution in [0.1, 0.15) is 73.5 Å². The fraction of sp³-hybridized carbons (Fsp3) is 0.311. The molecular formula is C61H70B2N12Na2O11S3. The monoisotopic (exact) mass is 1310 g/mol. The van der Waals surface area contributed by atoms with Crippen molar-refractivity contribution in [2.45, 2.75) is 88.5 Å². The van der Waals surface area contributed by atoms with Gasteiger partial charge in [-0.15, -0.1) is 0 Å². The zero-order valence-electron chi connectivity index (χ0n) is 51.5. The van der Waals surface area contributed by atoms with E-state index in [0.717, 1.165) is 121 Å². The fourth-order valence-corrected chi connectivity index (χ4v) is 12.3. The van der Waals surface area contributed by atoms with Gasteiger partial charge in [0, 0.05) is 72.6 Å². The first-order chi connectivity index (χ1) is 44.0. The number of aryl methyl sites for hydroxylation is 1. The Morgan fingerprint density at radius 2 is 1.02 bits per heavy atom. The summed E-state index contributed by atoms with van der Waals surface area (Å²) in [5, 5.41) is 33.3. The predicted molar refractivity (Wildman–Crippen MR) is 357 cm³/mol. The number of aromatic nitrogens is 7. The number of aldehydes is 1. The van der Waals surface area contributed by atoms with Crippen LogP contribution in [0.2, 0.25) is 13.6 Å². The Labute approximate surface area is 561 Å². The van der Waals surface area contributed by atoms with Gasteiger partial charge in [-0.1, -0.05) is 110 Å². The molecule has 0 amide bonds. The van der Waals surface area contributed by atoms with Crippen molar-refractivity contribution in [1.29, 1.82) is 0 Å². The van der Waals surface area contributed by atoms with E-state index < -0.39 is 40.5 Å². The van der Waals surface area contributed by atoms with Crippen molar-refractivity contribution < 1.29 is 45.0 Å². The Morgan fingerprint density at radius 1 is 0.604 bits per heavy atom. The van der Waals surface area contributed by atoms with Gasteiger partial charge in [0.25, 0.3) is 0 Å². The number of carbonyl (C=O) groups is 1. The number of imidazole rings is 2. The number of pyridine rings is 3. The minimum atomic E-state index is -3.49. The standard InChI is InChI=1S/C25H26N4O2S.C18H21BN4O.C11H17BN4O3.C7H6O.2Na.O4S2/c1-2-19-10-12-22(13-11-19)32(30,31)28-17-14-21(15-18-28)29-24(20-7-4-3-5-8-20)27-23-9-6-16-26-25(23)29;1-19(24)22-12-9-15(10-13-22)23-17(14-6-3-2-4-7-14)21-16-8-5-11-20-18(16)23;1-12(17)15-7-4-9(5-8-15)14-11-10(16(18)19)3-2-6-13-11;8-6-7-4-2-1-3-5-7;;;1-5(2)6(3)4/h3-13,16,21H,2,14-15,17-18H2,1H3;2-8,11,15,24H,9-10,12-13H2,1H3;2-3,6,9,17H,4-5,7-8H2,1H3,(H,13,14);1-6H;;;. The van der Waals surface area contributed by atoms with Crippen molar-refractivity contribution in [2.24, 2.45) is 0 Å². The molecular weight excluding hydrogens is 1240 g/mol. The molecule has 3 N–H and O–H groups in total. The van der Waals surface area contributed by atoms with Gasteiger partial charge in [-0.2, -0.15) is 21.1 Å². The zero-order valence-corrected chi connectivity index (χ0v) is 58.0. The Morgan fingerprint density at radius 3 is 1.43 bits per heavy atom. The molecule has 30 heteroatoms. The summed E-state index contributed by atoms with van der Waals surface area (Å²) in [5.41, 5.74) is 7.62. The van der Waals surface area contributed by atoms with Crippen LogP contribution in [0.25, 0.3) is 45.1 Å². The second-order valence-electron chi connectivity index (χ2n) is 21.2. The van der Waals surface area contributed by atoms with Crippen LogP contribution in [0, 0.1) is 10.1 Å². The van der Waals surface area contributed by atoms with Gasteiger partial charge in [0.1, 0.15) is 29.0 Å². The summed E-state index contributed by atoms with van der Waals surface area (Å²) in [7, 11) is -10.2. The van der Waals surface area contributed by atoms with Crippen molar-refractivity contribution in [3.8, 4) is 22.8 Å². The minimum absolute atomic E-state index is 0.000422. The fourth-order valence-electron chi connectivity index (χ4n) is 10.8. The number of nitro groups is 1. The Bertz CT molecular complexity index is 4120. The number of benzene rings is 4. The number of nitrogens with zero attached hydrogens (tertiary/aromatic N) is 11. The summed E-state index contributed by atoms with van der Waals surface area (Å²) in [6.07, 6.45) is 12.0. The number of hydrogen-bond acceptors (Lipinski definition) is 19. The van der Waals surface area contributed by atoms with Crippen molar-refractivity contribution in [3.05, 3.63) is 191 Å². The Hall–Kier alpha value is -6.34. The SMILES string of the molecule is CB(O)N1CCC(Nc2ncccc2[N+](=O)[O-])CC1.CB(O)N1CCC(n2c(-c3ccccc3)nc3cccnc32)CC1.CCc1ccc(S(=O)(=O)N2CCC(n3c(-c4ccccc4)nc4cccnc43)CC2)cc1.O=Cc1ccccc1.O=S(=O)=S(=O)=O.[Na][Na]. The third-order valence-electron chi connectivity index (χ3n) is 15.5. The van der Waals surface area contributed by atoms with E-state index in [1.165, 1.54) is 49.7 Å². The summed E-state index contributed by atoms with van der Waals surface area (Å²) in [6.45, 7) is 9.93. The Kier molecular flexibility index (Phi) is 28.7. The first-order valence-electron chi connectivity index (χ1n) is 30.2. The maximum atomic E-state index is 13.2. The molecule has 0 radical (unpaired) electrons. The molecule has 0 saturated carbocycles. The molecule has 3 aliphatic heterocycles. The van der Waals surface area contributed by atoms with E-state index in [-0.39, 0.29) is 24.8 Å². The third-order valence-corrected chi connectivity index (χ3v) is 18.3. The quantitative estimate of drug-likeness (QED) is 0.0427. The summed E-state index contributed by atoms with van der Waals surface area (Å²) in [4.78, 5) is 47.9. The molecule has 9 aromatic rings. The summed E-state index contributed by atoms with van der Waals surface area (Å²) in [6, 6.07) is 48.2. The molecule has 0 unspecified atom stereocenters. The van der Waals surface area contributed by atoms with E-state index in [9.17, 15) is 33.4 Å². The second kappa shape index (κ2) is 36.2. The number of rotatable bonds is 13. The van der Waals surface area contributed by atoms with Gasteiger partial charge in [0.05, 0.1) is 9.82 Å². The molecule has 12 rings (SSSR count). The first-order valence-corrected chi connectivity index (χ1v) is 42.3. The number of nitrogens with one attached hydrogen (secondary N) is 1. The van der Waals surface area contributed by atoms with E-state index in [1.54, 1.807) is 53.9 Å². The molecule has 3 fully saturated rings. The van der Waals surface area contributed by atoms with E-state index in [1.807, 2.05) is 109 Å². The number of fused-ring (bicyclic) bond motifs is 2. The van der Waals surface area contributed by atoms with Crippen molar-refractivity contribution in [3.63, 3.8) is 0 Å². The molecule has 3 saturated heterocycles. The molecule has 466 valence electrons. The van der Waals surface area contributed by atoms with Gasteiger partial charge in [-0.25, -0.2) is 33.3 Å². The average Bonchev–Trinajstić information content (AvgIpc) is 1.69. The molecule has 0 aliphatic carbocycles. The van der Waals surface area contributed by atoms with Crippen LogP contribution in [-0.4, -0.2) is 198 Å². The molecule has 0 spiro atoms. The van der Waals surface area contributed by atoms with E-state index in [2.05, 4.69) is 65.4 Å². The number of piperidine rings is 3. The number of anilines is 1. The van der Waals surface area contributed by atoms with Gasteiger partial charge >= 0.3 is 81.9 Å². The van der Waals surface area contributed by atoms with Gasteiger partial charge < -0.3 is 34.1 Å². The van der Waals surface area contributed by atoms with Crippen LogP contribution in [-0.2, 0) is 35.0 Å². The number of hydrogen-bond donors (Lipinski definition) is 3. The normalized spacial score (nSPS) is 14.9. The molecule has 23 nitrogen and oxygen atoms in total. The molecule has 5 aromatic heterocycles. The van der Waals surface area contributed by atoms with Crippen molar-refractivity contribution in [1.82, 2.24) is 48.0 Å². The molecule has 91 heavy (non-hydrogen) atoms. The van der Waals surface area contributed by atoms with Crippen molar-refractivity contribution >= 4 is 126 Å². The maximum absolute atomic E-state index is 13.2. The number of carbonyl (C=O) groups excluding carboxylic acids is 1. The summed E-state index contributed by atoms with van der Waals surface area (Å²) >= 11 is 2.89. The summed E-state index contributed by atoms with van der Waals surface area (Å²) < 4.78 is 68.8. The molecule has 3 aliphatic rings. The molecule has 4 aromatic carbocycles. The van der Waals surface area contributed by atoms with Gasteiger partial charge in [-0.3, -0.25) is 14.9 Å². The molecule has 0 bridgehead atoms. The van der Waals surface area contributed by atoms with Gasteiger partial charge in [0.2, 0.25) is 15.8 Å². The predicted octanol–water partition coefficient (Wildman–Crippen LogP) is 7.91. The average molecular weight is 1310 g/mol. The van der Waals surface area contributed by atoms with Gasteiger partial charge in [-0.05, 0) is 133 Å². The molecule has 0 atom stereocenters.